The maximum atomic E-state index is 12.5. The van der Waals surface area contributed by atoms with E-state index in [0.717, 1.165) is 5.56 Å². The summed E-state index contributed by atoms with van der Waals surface area (Å²) in [5.74, 6) is -0.0553. The molecular weight excluding hydrogens is 448 g/mol. The molecule has 0 fully saturated rings. The van der Waals surface area contributed by atoms with E-state index in [1.807, 2.05) is 19.1 Å². The van der Waals surface area contributed by atoms with Gasteiger partial charge < -0.3 is 19.9 Å². The van der Waals surface area contributed by atoms with E-state index < -0.39 is 10.8 Å². The van der Waals surface area contributed by atoms with Gasteiger partial charge in [0.1, 0.15) is 18.0 Å². The fourth-order valence-corrected chi connectivity index (χ4v) is 3.30. The van der Waals surface area contributed by atoms with Gasteiger partial charge in [-0.25, -0.2) is 4.68 Å². The van der Waals surface area contributed by atoms with Crippen LogP contribution in [0.2, 0.25) is 0 Å². The van der Waals surface area contributed by atoms with Crippen LogP contribution in [0, 0.1) is 21.8 Å². The molecule has 2 amide bonds. The second-order valence-electron chi connectivity index (χ2n) is 7.10. The van der Waals surface area contributed by atoms with Gasteiger partial charge in [0.25, 0.3) is 11.6 Å². The van der Waals surface area contributed by atoms with Gasteiger partial charge in [0.05, 0.1) is 24.6 Å². The molecule has 1 aromatic heterocycles. The molecule has 0 unspecified atom stereocenters. The Balaban J connectivity index is 1.70. The molecule has 0 atom stereocenters. The highest BCUT2D eigenvalue weighted by atomic mass is 32.1. The number of anilines is 1. The van der Waals surface area contributed by atoms with Crippen LogP contribution >= 0.6 is 12.2 Å². The molecule has 12 heteroatoms. The van der Waals surface area contributed by atoms with Crippen molar-refractivity contribution in [2.24, 2.45) is 7.05 Å². The summed E-state index contributed by atoms with van der Waals surface area (Å²) in [5, 5.41) is 20.9. The second kappa shape index (κ2) is 10.0. The topological polar surface area (TPSA) is 133 Å². The Hall–Kier alpha value is -4.06. The summed E-state index contributed by atoms with van der Waals surface area (Å²) in [6, 6.07) is 11.3. The number of ether oxygens (including phenoxy) is 1. The van der Waals surface area contributed by atoms with Crippen LogP contribution in [-0.4, -0.2) is 38.2 Å². The molecule has 0 aliphatic carbocycles. The summed E-state index contributed by atoms with van der Waals surface area (Å²) in [6.07, 6.45) is 0. The number of nitrogens with zero attached hydrogens (tertiary/aromatic N) is 4. The van der Waals surface area contributed by atoms with Gasteiger partial charge in [0.15, 0.2) is 10.6 Å². The number of aromatic nitrogens is 3. The van der Waals surface area contributed by atoms with Crippen molar-refractivity contribution in [2.45, 2.75) is 20.0 Å². The number of nitro benzene ring substituents is 1. The highest BCUT2D eigenvalue weighted by Crippen LogP contribution is 2.28. The number of hydrogen-bond donors (Lipinski definition) is 2. The summed E-state index contributed by atoms with van der Waals surface area (Å²) in [4.78, 5) is 35.7. The molecule has 0 bridgehead atoms. The lowest BCUT2D eigenvalue weighted by atomic mass is 10.1. The number of rotatable bonds is 8. The highest BCUT2D eigenvalue weighted by molar-refractivity contribution is 7.71. The predicted octanol–water partition coefficient (Wildman–Crippen LogP) is 2.75. The molecule has 0 saturated heterocycles. The standard InChI is InChI=1S/C21H22N6O5S/c1-13-6-4-5-7-15(13)20(29)22-11-18-24-26(21(33)25(18)2)12-19(28)23-16-9-8-14(32-3)10-17(16)27(30)31/h4-10H,11-12H2,1-3H3,(H,22,29)(H,23,28). The molecule has 3 rings (SSSR count). The number of methoxy groups -OCH3 is 1. The Morgan fingerprint density at radius 1 is 1.24 bits per heavy atom. The van der Waals surface area contributed by atoms with Crippen LogP contribution < -0.4 is 15.4 Å². The average molecular weight is 471 g/mol. The first kappa shape index (κ1) is 23.6. The van der Waals surface area contributed by atoms with Crippen molar-refractivity contribution in [3.63, 3.8) is 0 Å². The van der Waals surface area contributed by atoms with Crippen LogP contribution in [0.5, 0.6) is 5.75 Å². The SMILES string of the molecule is COc1ccc(NC(=O)Cn2nc(CNC(=O)c3ccccc3C)n(C)c2=S)c([N+](=O)[O-])c1. The maximum Gasteiger partial charge on any atom is 0.296 e. The van der Waals surface area contributed by atoms with E-state index in [4.69, 9.17) is 17.0 Å². The number of benzene rings is 2. The number of nitro groups is 1. The van der Waals surface area contributed by atoms with Crippen molar-refractivity contribution in [3.05, 3.63) is 74.3 Å². The fourth-order valence-electron chi connectivity index (χ4n) is 3.09. The summed E-state index contributed by atoms with van der Waals surface area (Å²) in [5.41, 5.74) is 1.13. The Morgan fingerprint density at radius 2 is 1.97 bits per heavy atom. The Morgan fingerprint density at radius 3 is 2.64 bits per heavy atom. The maximum absolute atomic E-state index is 12.5. The Kier molecular flexibility index (Phi) is 7.18. The lowest BCUT2D eigenvalue weighted by molar-refractivity contribution is -0.384. The fraction of sp³-hybridized carbons (Fsp3) is 0.238. The van der Waals surface area contributed by atoms with Crippen molar-refractivity contribution in [3.8, 4) is 5.75 Å². The third-order valence-electron chi connectivity index (χ3n) is 4.90. The third kappa shape index (κ3) is 5.41. The number of carbonyl (C=O) groups is 2. The molecular formula is C21H22N6O5S. The van der Waals surface area contributed by atoms with E-state index >= 15 is 0 Å². The first-order valence-electron chi connectivity index (χ1n) is 9.80. The zero-order valence-electron chi connectivity index (χ0n) is 18.2. The van der Waals surface area contributed by atoms with Crippen LogP contribution in [0.3, 0.4) is 0 Å². The minimum absolute atomic E-state index is 0.0268. The summed E-state index contributed by atoms with van der Waals surface area (Å²) >= 11 is 5.34. The van der Waals surface area contributed by atoms with Crippen LogP contribution in [0.1, 0.15) is 21.7 Å². The molecule has 172 valence electrons. The second-order valence-corrected chi connectivity index (χ2v) is 7.47. The molecule has 1 heterocycles. The number of amides is 2. The molecule has 11 nitrogen and oxygen atoms in total. The molecule has 0 aliphatic heterocycles. The minimum Gasteiger partial charge on any atom is -0.496 e. The van der Waals surface area contributed by atoms with Gasteiger partial charge in [-0.15, -0.1) is 0 Å². The largest absolute Gasteiger partial charge is 0.496 e. The van der Waals surface area contributed by atoms with Gasteiger partial charge in [0.2, 0.25) is 5.91 Å². The summed E-state index contributed by atoms with van der Waals surface area (Å²) < 4.78 is 8.11. The predicted molar refractivity (Wildman–Crippen MR) is 123 cm³/mol. The van der Waals surface area contributed by atoms with E-state index in [9.17, 15) is 19.7 Å². The van der Waals surface area contributed by atoms with Gasteiger partial charge in [-0.2, -0.15) is 5.10 Å². The summed E-state index contributed by atoms with van der Waals surface area (Å²) in [7, 11) is 3.06. The Bertz CT molecular complexity index is 1280. The van der Waals surface area contributed by atoms with Crippen molar-refractivity contribution in [2.75, 3.05) is 12.4 Å². The lowest BCUT2D eigenvalue weighted by Gasteiger charge is -2.07. The number of carbonyl (C=O) groups excluding carboxylic acids is 2. The van der Waals surface area contributed by atoms with Crippen molar-refractivity contribution in [1.82, 2.24) is 19.7 Å². The van der Waals surface area contributed by atoms with E-state index in [1.54, 1.807) is 23.7 Å². The molecule has 0 aliphatic rings. The first-order valence-corrected chi connectivity index (χ1v) is 10.2. The zero-order valence-corrected chi connectivity index (χ0v) is 19.0. The monoisotopic (exact) mass is 470 g/mol. The molecule has 0 radical (unpaired) electrons. The highest BCUT2D eigenvalue weighted by Gasteiger charge is 2.19. The smallest absolute Gasteiger partial charge is 0.296 e. The van der Waals surface area contributed by atoms with Crippen LogP contribution in [0.4, 0.5) is 11.4 Å². The molecule has 2 aromatic carbocycles. The first-order chi connectivity index (χ1) is 15.7. The van der Waals surface area contributed by atoms with Crippen LogP contribution in [0.15, 0.2) is 42.5 Å². The molecule has 3 aromatic rings. The van der Waals surface area contributed by atoms with Gasteiger partial charge in [-0.05, 0) is 42.9 Å². The van der Waals surface area contributed by atoms with Gasteiger partial charge in [0, 0.05) is 12.6 Å². The number of hydrogen-bond acceptors (Lipinski definition) is 7. The van der Waals surface area contributed by atoms with Gasteiger partial charge in [-0.3, -0.25) is 19.7 Å². The van der Waals surface area contributed by atoms with Crippen molar-refractivity contribution >= 4 is 35.4 Å². The summed E-state index contributed by atoms with van der Waals surface area (Å²) in [6.45, 7) is 1.68. The lowest BCUT2D eigenvalue weighted by Crippen LogP contribution is -2.25. The molecule has 0 saturated carbocycles. The average Bonchev–Trinajstić information content (AvgIpc) is 3.05. The normalized spacial score (nSPS) is 10.5. The van der Waals surface area contributed by atoms with Gasteiger partial charge >= 0.3 is 0 Å². The Labute approximate surface area is 194 Å². The van der Waals surface area contributed by atoms with E-state index in [2.05, 4.69) is 15.7 Å². The van der Waals surface area contributed by atoms with E-state index in [1.165, 1.54) is 30.0 Å². The molecule has 0 spiro atoms. The van der Waals surface area contributed by atoms with Gasteiger partial charge in [-0.1, -0.05) is 18.2 Å². The van der Waals surface area contributed by atoms with E-state index in [0.29, 0.717) is 17.1 Å². The quantitative estimate of drug-likeness (QED) is 0.294. The number of aryl methyl sites for hydroxylation is 1. The molecule has 2 N–H and O–H groups in total. The zero-order chi connectivity index (χ0) is 24.1. The number of nitrogens with one attached hydrogen (secondary N) is 2. The minimum atomic E-state index is -0.611. The van der Waals surface area contributed by atoms with Crippen molar-refractivity contribution < 1.29 is 19.2 Å². The molecule has 33 heavy (non-hydrogen) atoms. The van der Waals surface area contributed by atoms with Crippen LogP contribution in [-0.2, 0) is 24.9 Å². The van der Waals surface area contributed by atoms with E-state index in [-0.39, 0.29) is 35.1 Å². The van der Waals surface area contributed by atoms with Crippen molar-refractivity contribution in [1.29, 1.82) is 0 Å². The van der Waals surface area contributed by atoms with Crippen LogP contribution in [0.25, 0.3) is 0 Å². The third-order valence-corrected chi connectivity index (χ3v) is 5.38.